The fourth-order valence-corrected chi connectivity index (χ4v) is 1.87. The van der Waals surface area contributed by atoms with Crippen molar-refractivity contribution >= 4 is 27.3 Å². The molecule has 0 amide bonds. The van der Waals surface area contributed by atoms with Crippen LogP contribution in [-0.2, 0) is 0 Å². The van der Waals surface area contributed by atoms with Gasteiger partial charge in [0, 0.05) is 11.0 Å². The minimum atomic E-state index is 0.809. The molecule has 0 aliphatic heterocycles. The number of nitrogen functional groups attached to an aromatic ring is 1. The van der Waals surface area contributed by atoms with Crippen LogP contribution in [0.2, 0.25) is 0 Å². The summed E-state index contributed by atoms with van der Waals surface area (Å²) in [6.07, 6.45) is 4.09. The summed E-state index contributed by atoms with van der Waals surface area (Å²) in [6, 6.07) is 5.98. The Hall–Kier alpha value is -0.700. The van der Waals surface area contributed by atoms with Crippen LogP contribution in [0.3, 0.4) is 0 Å². The Labute approximate surface area is 93.0 Å². The van der Waals surface area contributed by atoms with Gasteiger partial charge >= 0.3 is 0 Å². The lowest BCUT2D eigenvalue weighted by atomic mass is 10.2. The second-order valence-corrected chi connectivity index (χ2v) is 4.71. The van der Waals surface area contributed by atoms with Crippen LogP contribution in [-0.4, -0.2) is 6.54 Å². The van der Waals surface area contributed by atoms with Crippen LogP contribution in [0.15, 0.2) is 22.7 Å². The van der Waals surface area contributed by atoms with Gasteiger partial charge in [0.25, 0.3) is 0 Å². The van der Waals surface area contributed by atoms with Crippen molar-refractivity contribution in [2.24, 2.45) is 5.92 Å². The first-order valence-electron chi connectivity index (χ1n) is 5.05. The average molecular weight is 255 g/mol. The predicted molar refractivity (Wildman–Crippen MR) is 64.4 cm³/mol. The van der Waals surface area contributed by atoms with E-state index in [1.807, 2.05) is 18.2 Å². The van der Waals surface area contributed by atoms with Crippen LogP contribution in [0.5, 0.6) is 0 Å². The Bertz CT molecular complexity index is 321. The minimum Gasteiger partial charge on any atom is -0.396 e. The van der Waals surface area contributed by atoms with Gasteiger partial charge in [0.2, 0.25) is 0 Å². The molecule has 1 fully saturated rings. The third kappa shape index (κ3) is 2.41. The first-order chi connectivity index (χ1) is 6.77. The van der Waals surface area contributed by atoms with Gasteiger partial charge in [0.1, 0.15) is 0 Å². The summed E-state index contributed by atoms with van der Waals surface area (Å²) in [4.78, 5) is 0. The lowest BCUT2D eigenvalue weighted by Gasteiger charge is -2.09. The first-order valence-corrected chi connectivity index (χ1v) is 5.84. The predicted octanol–water partition coefficient (Wildman–Crippen LogP) is 3.24. The first kappa shape index (κ1) is 9.84. The van der Waals surface area contributed by atoms with Crippen LogP contribution in [0.25, 0.3) is 0 Å². The van der Waals surface area contributed by atoms with Crippen molar-refractivity contribution in [3.05, 3.63) is 22.7 Å². The van der Waals surface area contributed by atoms with Gasteiger partial charge in [-0.15, -0.1) is 0 Å². The fourth-order valence-electron chi connectivity index (χ4n) is 1.51. The molecular weight excluding hydrogens is 240 g/mol. The zero-order chi connectivity index (χ0) is 9.97. The number of nitrogens with two attached hydrogens (primary N) is 1. The van der Waals surface area contributed by atoms with Gasteiger partial charge in [0.05, 0.1) is 11.4 Å². The summed E-state index contributed by atoms with van der Waals surface area (Å²) in [5.41, 5.74) is 7.76. The van der Waals surface area contributed by atoms with Crippen LogP contribution in [0.1, 0.15) is 19.3 Å². The highest BCUT2D eigenvalue weighted by Gasteiger charge is 2.20. The van der Waals surface area contributed by atoms with E-state index in [9.17, 15) is 0 Å². The van der Waals surface area contributed by atoms with Gasteiger partial charge in [-0.25, -0.2) is 0 Å². The molecule has 0 heterocycles. The summed E-state index contributed by atoms with van der Waals surface area (Å²) < 4.78 is 0.967. The van der Waals surface area contributed by atoms with E-state index in [0.717, 1.165) is 28.3 Å². The molecule has 2 nitrogen and oxygen atoms in total. The van der Waals surface area contributed by atoms with Crippen molar-refractivity contribution in [1.82, 2.24) is 0 Å². The summed E-state index contributed by atoms with van der Waals surface area (Å²) in [5.74, 6) is 0.968. The molecule has 2 rings (SSSR count). The molecule has 0 bridgehead atoms. The molecule has 0 unspecified atom stereocenters. The summed E-state index contributed by atoms with van der Waals surface area (Å²) in [7, 11) is 0. The van der Waals surface area contributed by atoms with Gasteiger partial charge in [-0.2, -0.15) is 0 Å². The number of anilines is 2. The van der Waals surface area contributed by atoms with Crippen molar-refractivity contribution in [3.63, 3.8) is 0 Å². The van der Waals surface area contributed by atoms with Crippen LogP contribution >= 0.6 is 15.9 Å². The monoisotopic (exact) mass is 254 g/mol. The average Bonchev–Trinajstić information content (AvgIpc) is 2.96. The second-order valence-electron chi connectivity index (χ2n) is 3.86. The van der Waals surface area contributed by atoms with Gasteiger partial charge in [0.15, 0.2) is 0 Å². The van der Waals surface area contributed by atoms with E-state index in [-0.39, 0.29) is 0 Å². The Morgan fingerprint density at radius 2 is 2.21 bits per heavy atom. The zero-order valence-corrected chi connectivity index (χ0v) is 9.68. The van der Waals surface area contributed by atoms with E-state index >= 15 is 0 Å². The smallest absolute Gasteiger partial charge is 0.0694 e. The highest BCUT2D eigenvalue weighted by Crippen LogP contribution is 2.33. The number of benzene rings is 1. The zero-order valence-electron chi connectivity index (χ0n) is 8.09. The Morgan fingerprint density at radius 3 is 2.93 bits per heavy atom. The van der Waals surface area contributed by atoms with Crippen molar-refractivity contribution in [3.8, 4) is 0 Å². The number of halogens is 1. The topological polar surface area (TPSA) is 38.0 Å². The molecule has 0 spiro atoms. The second kappa shape index (κ2) is 4.22. The lowest BCUT2D eigenvalue weighted by molar-refractivity contribution is 0.760. The number of hydrogen-bond donors (Lipinski definition) is 2. The highest BCUT2D eigenvalue weighted by atomic mass is 79.9. The quantitative estimate of drug-likeness (QED) is 0.810. The molecular formula is C11H15BrN2. The maximum Gasteiger partial charge on any atom is 0.0694 e. The lowest BCUT2D eigenvalue weighted by Crippen LogP contribution is -2.04. The molecule has 14 heavy (non-hydrogen) atoms. The Balaban J connectivity index is 1.90. The molecule has 3 heteroatoms. The van der Waals surface area contributed by atoms with Gasteiger partial charge in [-0.1, -0.05) is 18.9 Å². The standard InChI is InChI=1S/C11H15BrN2/c12-9-2-1-3-10(11(9)13)14-7-6-8-4-5-8/h1-3,8,14H,4-7,13H2. The molecule has 0 radical (unpaired) electrons. The molecule has 1 aliphatic rings. The van der Waals surface area contributed by atoms with Crippen molar-refractivity contribution in [2.45, 2.75) is 19.3 Å². The van der Waals surface area contributed by atoms with Crippen molar-refractivity contribution in [1.29, 1.82) is 0 Å². The van der Waals surface area contributed by atoms with E-state index in [0.29, 0.717) is 0 Å². The summed E-state index contributed by atoms with van der Waals surface area (Å²) >= 11 is 3.41. The third-order valence-electron chi connectivity index (χ3n) is 2.62. The van der Waals surface area contributed by atoms with Gasteiger partial charge < -0.3 is 11.1 Å². The normalized spacial score (nSPS) is 15.5. The molecule has 0 aromatic heterocycles. The molecule has 0 atom stereocenters. The summed E-state index contributed by atoms with van der Waals surface area (Å²) in [5, 5.41) is 3.37. The maximum absolute atomic E-state index is 5.91. The fraction of sp³-hybridized carbons (Fsp3) is 0.455. The van der Waals surface area contributed by atoms with Crippen LogP contribution in [0, 0.1) is 5.92 Å². The molecule has 1 aromatic carbocycles. The molecule has 3 N–H and O–H groups in total. The SMILES string of the molecule is Nc1c(Br)cccc1NCCC1CC1. The maximum atomic E-state index is 5.91. The molecule has 1 aromatic rings. The minimum absolute atomic E-state index is 0.809. The van der Waals surface area contributed by atoms with Gasteiger partial charge in [-0.05, 0) is 40.4 Å². The number of nitrogens with one attached hydrogen (secondary N) is 1. The molecule has 1 saturated carbocycles. The van der Waals surface area contributed by atoms with E-state index in [2.05, 4.69) is 21.2 Å². The van der Waals surface area contributed by atoms with E-state index in [1.165, 1.54) is 19.3 Å². The van der Waals surface area contributed by atoms with Gasteiger partial charge in [-0.3, -0.25) is 0 Å². The van der Waals surface area contributed by atoms with Crippen LogP contribution < -0.4 is 11.1 Å². The highest BCUT2D eigenvalue weighted by molar-refractivity contribution is 9.10. The summed E-state index contributed by atoms with van der Waals surface area (Å²) in [6.45, 7) is 1.03. The third-order valence-corrected chi connectivity index (χ3v) is 3.31. The van der Waals surface area contributed by atoms with Crippen LogP contribution in [0.4, 0.5) is 11.4 Å². The van der Waals surface area contributed by atoms with Crippen molar-refractivity contribution in [2.75, 3.05) is 17.6 Å². The largest absolute Gasteiger partial charge is 0.396 e. The van der Waals surface area contributed by atoms with Crippen molar-refractivity contribution < 1.29 is 0 Å². The molecule has 0 saturated heterocycles. The molecule has 76 valence electrons. The number of rotatable bonds is 4. The Morgan fingerprint density at radius 1 is 1.43 bits per heavy atom. The number of hydrogen-bond acceptors (Lipinski definition) is 2. The molecule has 1 aliphatic carbocycles. The number of para-hydroxylation sites is 1. The van der Waals surface area contributed by atoms with E-state index in [4.69, 9.17) is 5.73 Å². The van der Waals surface area contributed by atoms with E-state index in [1.54, 1.807) is 0 Å². The Kier molecular flexibility index (Phi) is 2.96. The van der Waals surface area contributed by atoms with E-state index < -0.39 is 0 Å².